The van der Waals surface area contributed by atoms with Crippen molar-refractivity contribution in [2.45, 2.75) is 6.54 Å². The lowest BCUT2D eigenvalue weighted by molar-refractivity contribution is -0.125. The molecule has 1 amide bonds. The monoisotopic (exact) mass is 279 g/mol. The molecule has 0 atom stereocenters. The molecule has 2 heterocycles. The van der Waals surface area contributed by atoms with E-state index in [9.17, 15) is 4.79 Å². The van der Waals surface area contributed by atoms with Crippen LogP contribution in [-0.4, -0.2) is 30.6 Å². The van der Waals surface area contributed by atoms with Gasteiger partial charge in [-0.05, 0) is 17.7 Å². The predicted molar refractivity (Wildman–Crippen MR) is 69.8 cm³/mol. The Hall–Kier alpha value is -0.880. The third-order valence-corrected chi connectivity index (χ3v) is 2.31. The molecule has 0 bridgehead atoms. The van der Waals surface area contributed by atoms with E-state index in [0.29, 0.717) is 25.5 Å². The van der Waals surface area contributed by atoms with Gasteiger partial charge >= 0.3 is 0 Å². The number of nitrogens with zero attached hydrogens (tertiary/aromatic N) is 2. The minimum atomic E-state index is -0.0529. The molecule has 5 nitrogen and oxygen atoms in total. The van der Waals surface area contributed by atoms with E-state index in [4.69, 9.17) is 10.5 Å². The van der Waals surface area contributed by atoms with Crippen molar-refractivity contribution in [3.63, 3.8) is 0 Å². The summed E-state index contributed by atoms with van der Waals surface area (Å²) in [6.45, 7) is 1.70. The first-order valence-electron chi connectivity index (χ1n) is 4.84. The predicted octanol–water partition coefficient (Wildman–Crippen LogP) is 0.747. The van der Waals surface area contributed by atoms with Gasteiger partial charge in [0.15, 0.2) is 0 Å². The van der Waals surface area contributed by atoms with Crippen LogP contribution in [0.4, 0.5) is 5.82 Å². The lowest BCUT2D eigenvalue weighted by atomic mass is 10.2. The highest BCUT2D eigenvalue weighted by Crippen LogP contribution is 2.14. The molecule has 7 heteroatoms. The third kappa shape index (κ3) is 3.81. The van der Waals surface area contributed by atoms with Gasteiger partial charge in [0.2, 0.25) is 0 Å². The van der Waals surface area contributed by atoms with Crippen LogP contribution in [0.5, 0.6) is 0 Å². The summed E-state index contributed by atoms with van der Waals surface area (Å²) in [7, 11) is 0. The molecule has 0 saturated carbocycles. The molecule has 0 aliphatic carbocycles. The lowest BCUT2D eigenvalue weighted by Gasteiger charge is -2.25. The first-order valence-corrected chi connectivity index (χ1v) is 4.84. The van der Waals surface area contributed by atoms with Gasteiger partial charge in [0.05, 0.1) is 13.2 Å². The zero-order valence-corrected chi connectivity index (χ0v) is 10.8. The van der Waals surface area contributed by atoms with E-state index in [0.717, 1.165) is 5.56 Å². The van der Waals surface area contributed by atoms with Crippen molar-refractivity contribution in [2.24, 2.45) is 5.73 Å². The summed E-state index contributed by atoms with van der Waals surface area (Å²) in [6.07, 6.45) is 1.67. The van der Waals surface area contributed by atoms with E-state index in [-0.39, 0.29) is 37.3 Å². The maximum absolute atomic E-state index is 11.5. The molecule has 96 valence electrons. The Kier molecular flexibility index (Phi) is 7.06. The SMILES string of the molecule is Cl.Cl.NCc1ccnc(N2CCOCC2=O)c1. The van der Waals surface area contributed by atoms with E-state index in [1.54, 1.807) is 11.1 Å². The zero-order valence-electron chi connectivity index (χ0n) is 9.17. The van der Waals surface area contributed by atoms with Crippen LogP contribution in [-0.2, 0) is 16.1 Å². The van der Waals surface area contributed by atoms with E-state index >= 15 is 0 Å². The fourth-order valence-corrected chi connectivity index (χ4v) is 1.50. The first kappa shape index (κ1) is 16.1. The van der Waals surface area contributed by atoms with Crippen LogP contribution in [0, 0.1) is 0 Å². The summed E-state index contributed by atoms with van der Waals surface area (Å²) in [5.41, 5.74) is 6.50. The van der Waals surface area contributed by atoms with Crippen molar-refractivity contribution >= 4 is 36.5 Å². The molecule has 2 rings (SSSR count). The molecule has 0 aromatic carbocycles. The van der Waals surface area contributed by atoms with E-state index in [1.165, 1.54) is 0 Å². The van der Waals surface area contributed by atoms with Crippen LogP contribution >= 0.6 is 24.8 Å². The molecule has 1 saturated heterocycles. The van der Waals surface area contributed by atoms with E-state index < -0.39 is 0 Å². The standard InChI is InChI=1S/C10H13N3O2.2ClH/c11-6-8-1-2-12-9(5-8)13-3-4-15-7-10(13)14;;/h1-2,5H,3-4,6-7,11H2;2*1H. The summed E-state index contributed by atoms with van der Waals surface area (Å²) in [5.74, 6) is 0.606. The summed E-state index contributed by atoms with van der Waals surface area (Å²) in [4.78, 5) is 17.3. The second-order valence-electron chi connectivity index (χ2n) is 3.32. The van der Waals surface area contributed by atoms with Gasteiger partial charge in [-0.3, -0.25) is 9.69 Å². The quantitative estimate of drug-likeness (QED) is 0.868. The van der Waals surface area contributed by atoms with Gasteiger partial charge in [0.1, 0.15) is 12.4 Å². The van der Waals surface area contributed by atoms with Crippen molar-refractivity contribution in [1.82, 2.24) is 4.98 Å². The minimum absolute atomic E-state index is 0. The van der Waals surface area contributed by atoms with Gasteiger partial charge in [-0.15, -0.1) is 24.8 Å². The highest BCUT2D eigenvalue weighted by atomic mass is 35.5. The topological polar surface area (TPSA) is 68.4 Å². The second-order valence-corrected chi connectivity index (χ2v) is 3.32. The number of morpholine rings is 1. The average molecular weight is 280 g/mol. The smallest absolute Gasteiger partial charge is 0.254 e. The van der Waals surface area contributed by atoms with Crippen LogP contribution in [0.1, 0.15) is 5.56 Å². The average Bonchev–Trinajstić information content (AvgIpc) is 2.30. The Balaban J connectivity index is 0.00000128. The molecule has 1 aliphatic rings. The molecule has 1 aliphatic heterocycles. The number of amides is 1. The van der Waals surface area contributed by atoms with Crippen LogP contribution in [0.15, 0.2) is 18.3 Å². The number of ether oxygens (including phenoxy) is 1. The summed E-state index contributed by atoms with van der Waals surface area (Å²) < 4.78 is 5.05. The second kappa shape index (κ2) is 7.45. The summed E-state index contributed by atoms with van der Waals surface area (Å²) in [5, 5.41) is 0. The van der Waals surface area contributed by atoms with Gasteiger partial charge < -0.3 is 10.5 Å². The van der Waals surface area contributed by atoms with Crippen LogP contribution < -0.4 is 10.6 Å². The fourth-order valence-electron chi connectivity index (χ4n) is 1.50. The van der Waals surface area contributed by atoms with Crippen molar-refractivity contribution in [1.29, 1.82) is 0 Å². The van der Waals surface area contributed by atoms with Crippen molar-refractivity contribution in [3.8, 4) is 0 Å². The maximum atomic E-state index is 11.5. The Bertz CT molecular complexity index is 376. The number of hydrogen-bond acceptors (Lipinski definition) is 4. The van der Waals surface area contributed by atoms with Gasteiger partial charge in [-0.2, -0.15) is 0 Å². The number of halogens is 2. The minimum Gasteiger partial charge on any atom is -0.370 e. The summed E-state index contributed by atoms with van der Waals surface area (Å²) >= 11 is 0. The molecule has 1 aromatic rings. The third-order valence-electron chi connectivity index (χ3n) is 2.31. The number of pyridine rings is 1. The molecule has 0 radical (unpaired) electrons. The molecule has 0 spiro atoms. The van der Waals surface area contributed by atoms with Crippen LogP contribution in [0.3, 0.4) is 0 Å². The van der Waals surface area contributed by atoms with Gasteiger partial charge in [-0.25, -0.2) is 4.98 Å². The molecular weight excluding hydrogens is 265 g/mol. The van der Waals surface area contributed by atoms with E-state index in [1.807, 2.05) is 12.1 Å². The fraction of sp³-hybridized carbons (Fsp3) is 0.400. The highest BCUT2D eigenvalue weighted by Gasteiger charge is 2.20. The number of rotatable bonds is 2. The largest absolute Gasteiger partial charge is 0.370 e. The Morgan fingerprint density at radius 1 is 1.47 bits per heavy atom. The molecule has 17 heavy (non-hydrogen) atoms. The van der Waals surface area contributed by atoms with Crippen molar-refractivity contribution in [2.75, 3.05) is 24.7 Å². The molecule has 1 aromatic heterocycles. The normalized spacial score (nSPS) is 14.9. The molecule has 1 fully saturated rings. The van der Waals surface area contributed by atoms with Gasteiger partial charge in [0, 0.05) is 12.7 Å². The number of hydrogen-bond donors (Lipinski definition) is 1. The number of nitrogens with two attached hydrogens (primary N) is 1. The Morgan fingerprint density at radius 3 is 2.88 bits per heavy atom. The van der Waals surface area contributed by atoms with Gasteiger partial charge in [0.25, 0.3) is 5.91 Å². The van der Waals surface area contributed by atoms with Crippen molar-refractivity contribution < 1.29 is 9.53 Å². The Morgan fingerprint density at radius 2 is 2.24 bits per heavy atom. The number of carbonyl (C=O) groups is 1. The highest BCUT2D eigenvalue weighted by molar-refractivity contribution is 5.93. The lowest BCUT2D eigenvalue weighted by Crippen LogP contribution is -2.42. The molecular formula is C10H15Cl2N3O2. The van der Waals surface area contributed by atoms with Crippen LogP contribution in [0.25, 0.3) is 0 Å². The first-order chi connectivity index (χ1) is 7.31. The van der Waals surface area contributed by atoms with Gasteiger partial charge in [-0.1, -0.05) is 0 Å². The summed E-state index contributed by atoms with van der Waals surface area (Å²) in [6, 6.07) is 3.68. The number of anilines is 1. The van der Waals surface area contributed by atoms with Crippen molar-refractivity contribution in [3.05, 3.63) is 23.9 Å². The zero-order chi connectivity index (χ0) is 10.7. The maximum Gasteiger partial charge on any atom is 0.254 e. The van der Waals surface area contributed by atoms with E-state index in [2.05, 4.69) is 4.98 Å². The molecule has 0 unspecified atom stereocenters. The van der Waals surface area contributed by atoms with Crippen LogP contribution in [0.2, 0.25) is 0 Å². The Labute approximate surface area is 112 Å². The molecule has 2 N–H and O–H groups in total. The number of carbonyl (C=O) groups excluding carboxylic acids is 1. The number of aromatic nitrogens is 1.